The summed E-state index contributed by atoms with van der Waals surface area (Å²) in [5.74, 6) is 1.12. The Morgan fingerprint density at radius 3 is 2.60 bits per heavy atom. The second kappa shape index (κ2) is 7.90. The van der Waals surface area contributed by atoms with Crippen LogP contribution in [0, 0.1) is 0 Å². The van der Waals surface area contributed by atoms with Crippen molar-refractivity contribution >= 4 is 28.3 Å². The van der Waals surface area contributed by atoms with Crippen LogP contribution in [-0.4, -0.2) is 26.2 Å². The zero-order valence-electron chi connectivity index (χ0n) is 13.8. The Balaban J connectivity index is 1.52. The average molecular weight is 356 g/mol. The number of carbonyl (C=O) groups is 1. The van der Waals surface area contributed by atoms with Gasteiger partial charge in [-0.25, -0.2) is 0 Å². The van der Waals surface area contributed by atoms with Crippen molar-refractivity contribution in [2.24, 2.45) is 0 Å². The Kier molecular flexibility index (Phi) is 5.41. The van der Waals surface area contributed by atoms with Gasteiger partial charge in [0.05, 0.1) is 18.7 Å². The molecule has 1 amide bonds. The Hall–Kier alpha value is -2.72. The van der Waals surface area contributed by atoms with Crippen molar-refractivity contribution in [2.45, 2.75) is 0 Å². The van der Waals surface area contributed by atoms with E-state index in [0.717, 1.165) is 11.1 Å². The molecular weight excluding hydrogens is 338 g/mol. The largest absolute Gasteiger partial charge is 0.495 e. The number of carbonyl (C=O) groups excluding carboxylic acids is 1. The molecule has 0 radical (unpaired) electrons. The lowest BCUT2D eigenvalue weighted by Gasteiger charge is -2.09. The molecule has 0 saturated carbocycles. The molecule has 0 saturated heterocycles. The lowest BCUT2D eigenvalue weighted by Crippen LogP contribution is -2.28. The van der Waals surface area contributed by atoms with Crippen LogP contribution >= 0.6 is 11.6 Å². The maximum Gasteiger partial charge on any atom is 0.251 e. The molecule has 4 nitrogen and oxygen atoms in total. The number of halogens is 1. The normalized spacial score (nSPS) is 10.5. The Bertz CT molecular complexity index is 895. The van der Waals surface area contributed by atoms with Gasteiger partial charge in [0.2, 0.25) is 0 Å². The molecule has 0 aliphatic carbocycles. The third-order valence-electron chi connectivity index (χ3n) is 3.79. The number of fused-ring (bicyclic) bond motifs is 1. The van der Waals surface area contributed by atoms with E-state index in [4.69, 9.17) is 21.1 Å². The van der Waals surface area contributed by atoms with Gasteiger partial charge in [0.1, 0.15) is 18.1 Å². The monoisotopic (exact) mass is 355 g/mol. The minimum absolute atomic E-state index is 0.202. The SMILES string of the molecule is COc1ccc(C(=O)NCCOc2ccc3ccccc3c2)cc1Cl. The van der Waals surface area contributed by atoms with Gasteiger partial charge in [0.15, 0.2) is 0 Å². The van der Waals surface area contributed by atoms with Crippen LogP contribution in [0.4, 0.5) is 0 Å². The number of hydrogen-bond acceptors (Lipinski definition) is 3. The molecule has 0 aromatic heterocycles. The fourth-order valence-corrected chi connectivity index (χ4v) is 2.76. The smallest absolute Gasteiger partial charge is 0.251 e. The van der Waals surface area contributed by atoms with Crippen molar-refractivity contribution in [2.75, 3.05) is 20.3 Å². The van der Waals surface area contributed by atoms with Crippen molar-refractivity contribution in [1.82, 2.24) is 5.32 Å². The molecule has 0 spiro atoms. The lowest BCUT2D eigenvalue weighted by molar-refractivity contribution is 0.0947. The zero-order chi connectivity index (χ0) is 17.6. The van der Waals surface area contributed by atoms with Gasteiger partial charge < -0.3 is 14.8 Å². The van der Waals surface area contributed by atoms with Gasteiger partial charge in [-0.3, -0.25) is 4.79 Å². The summed E-state index contributed by atoms with van der Waals surface area (Å²) in [6, 6.07) is 18.9. The number of rotatable bonds is 6. The second-order valence-corrected chi connectivity index (χ2v) is 5.87. The molecular formula is C20H18ClNO3. The summed E-state index contributed by atoms with van der Waals surface area (Å²) < 4.78 is 10.8. The van der Waals surface area contributed by atoms with Gasteiger partial charge in [-0.15, -0.1) is 0 Å². The lowest BCUT2D eigenvalue weighted by atomic mass is 10.1. The maximum absolute atomic E-state index is 12.1. The quantitative estimate of drug-likeness (QED) is 0.670. The standard InChI is InChI=1S/C20H18ClNO3/c1-24-19-9-7-16(13-18(19)21)20(23)22-10-11-25-17-8-6-14-4-2-3-5-15(14)12-17/h2-9,12-13H,10-11H2,1H3,(H,22,23). The van der Waals surface area contributed by atoms with E-state index in [1.165, 1.54) is 12.5 Å². The molecule has 0 unspecified atom stereocenters. The number of nitrogens with one attached hydrogen (secondary N) is 1. The highest BCUT2D eigenvalue weighted by Gasteiger charge is 2.08. The van der Waals surface area contributed by atoms with E-state index in [1.807, 2.05) is 36.4 Å². The molecule has 3 aromatic rings. The van der Waals surface area contributed by atoms with Crippen molar-refractivity contribution in [1.29, 1.82) is 0 Å². The van der Waals surface area contributed by atoms with E-state index >= 15 is 0 Å². The Labute approximate surface area is 151 Å². The van der Waals surface area contributed by atoms with Crippen LogP contribution in [0.15, 0.2) is 60.7 Å². The van der Waals surface area contributed by atoms with Crippen LogP contribution in [0.3, 0.4) is 0 Å². The van der Waals surface area contributed by atoms with Crippen LogP contribution in [-0.2, 0) is 0 Å². The number of methoxy groups -OCH3 is 1. The van der Waals surface area contributed by atoms with Crippen molar-refractivity contribution < 1.29 is 14.3 Å². The first-order valence-corrected chi connectivity index (χ1v) is 8.28. The van der Waals surface area contributed by atoms with E-state index in [0.29, 0.717) is 29.5 Å². The summed E-state index contributed by atoms with van der Waals surface area (Å²) in [6.45, 7) is 0.781. The topological polar surface area (TPSA) is 47.6 Å². The first-order valence-electron chi connectivity index (χ1n) is 7.91. The number of hydrogen-bond donors (Lipinski definition) is 1. The van der Waals surface area contributed by atoms with E-state index < -0.39 is 0 Å². The summed E-state index contributed by atoms with van der Waals surface area (Å²) in [6.07, 6.45) is 0. The maximum atomic E-state index is 12.1. The van der Waals surface area contributed by atoms with E-state index in [1.54, 1.807) is 18.2 Å². The summed E-state index contributed by atoms with van der Waals surface area (Å²) in [5.41, 5.74) is 0.483. The predicted molar refractivity (Wildman–Crippen MR) is 99.8 cm³/mol. The number of ether oxygens (including phenoxy) is 2. The molecule has 3 rings (SSSR count). The minimum Gasteiger partial charge on any atom is -0.495 e. The number of amides is 1. The van der Waals surface area contributed by atoms with Gasteiger partial charge in [0.25, 0.3) is 5.91 Å². The molecule has 3 aromatic carbocycles. The Morgan fingerprint density at radius 1 is 1.04 bits per heavy atom. The van der Waals surface area contributed by atoms with E-state index in [2.05, 4.69) is 11.4 Å². The summed E-state index contributed by atoms with van der Waals surface area (Å²) in [5, 5.41) is 5.50. The van der Waals surface area contributed by atoms with Crippen LogP contribution in [0.1, 0.15) is 10.4 Å². The fraction of sp³-hybridized carbons (Fsp3) is 0.150. The number of benzene rings is 3. The molecule has 128 valence electrons. The molecule has 0 aliphatic heterocycles. The molecule has 0 heterocycles. The van der Waals surface area contributed by atoms with Crippen LogP contribution in [0.2, 0.25) is 5.02 Å². The minimum atomic E-state index is -0.202. The van der Waals surface area contributed by atoms with Crippen molar-refractivity contribution in [3.05, 3.63) is 71.2 Å². The van der Waals surface area contributed by atoms with Gasteiger partial charge in [-0.1, -0.05) is 41.9 Å². The first-order chi connectivity index (χ1) is 12.2. The molecule has 1 N–H and O–H groups in total. The third kappa shape index (κ3) is 4.22. The van der Waals surface area contributed by atoms with Gasteiger partial charge in [-0.05, 0) is 41.1 Å². The first kappa shape index (κ1) is 17.1. The fourth-order valence-electron chi connectivity index (χ4n) is 2.50. The molecule has 0 atom stereocenters. The highest BCUT2D eigenvalue weighted by atomic mass is 35.5. The molecule has 25 heavy (non-hydrogen) atoms. The highest BCUT2D eigenvalue weighted by Crippen LogP contribution is 2.24. The van der Waals surface area contributed by atoms with Gasteiger partial charge >= 0.3 is 0 Å². The Morgan fingerprint density at radius 2 is 1.84 bits per heavy atom. The van der Waals surface area contributed by atoms with E-state index in [9.17, 15) is 4.79 Å². The van der Waals surface area contributed by atoms with Gasteiger partial charge in [-0.2, -0.15) is 0 Å². The average Bonchev–Trinajstić information content (AvgIpc) is 2.64. The summed E-state index contributed by atoms with van der Waals surface area (Å²) in [4.78, 5) is 12.1. The molecule has 0 bridgehead atoms. The highest BCUT2D eigenvalue weighted by molar-refractivity contribution is 6.32. The third-order valence-corrected chi connectivity index (χ3v) is 4.09. The van der Waals surface area contributed by atoms with Crippen molar-refractivity contribution in [3.8, 4) is 11.5 Å². The van der Waals surface area contributed by atoms with Crippen LogP contribution < -0.4 is 14.8 Å². The molecule has 5 heteroatoms. The summed E-state index contributed by atoms with van der Waals surface area (Å²) >= 11 is 6.03. The molecule has 0 fully saturated rings. The van der Waals surface area contributed by atoms with Crippen LogP contribution in [0.5, 0.6) is 11.5 Å². The predicted octanol–water partition coefficient (Wildman–Crippen LogP) is 4.31. The second-order valence-electron chi connectivity index (χ2n) is 5.46. The van der Waals surface area contributed by atoms with Crippen LogP contribution in [0.25, 0.3) is 10.8 Å². The van der Waals surface area contributed by atoms with E-state index in [-0.39, 0.29) is 5.91 Å². The van der Waals surface area contributed by atoms with Gasteiger partial charge in [0, 0.05) is 5.56 Å². The molecule has 0 aliphatic rings. The van der Waals surface area contributed by atoms with Crippen molar-refractivity contribution in [3.63, 3.8) is 0 Å². The zero-order valence-corrected chi connectivity index (χ0v) is 14.5. The summed E-state index contributed by atoms with van der Waals surface area (Å²) in [7, 11) is 1.53.